The van der Waals surface area contributed by atoms with Crippen molar-refractivity contribution < 1.29 is 9.53 Å². The minimum atomic E-state index is -0.00282. The van der Waals surface area contributed by atoms with Crippen molar-refractivity contribution in [3.63, 3.8) is 0 Å². The fourth-order valence-corrected chi connectivity index (χ4v) is 2.68. The van der Waals surface area contributed by atoms with Crippen molar-refractivity contribution in [3.05, 3.63) is 47.9 Å². The third-order valence-corrected chi connectivity index (χ3v) is 3.99. The highest BCUT2D eigenvalue weighted by atomic mass is 16.5. The SMILES string of the molecule is COc1ccc(C(=O)N2CCN(c3nccnc3C#N)CC2)cc1. The number of methoxy groups -OCH3 is 1. The molecule has 7 heteroatoms. The molecule has 1 aliphatic rings. The molecular formula is C17H17N5O2. The molecule has 0 radical (unpaired) electrons. The van der Waals surface area contributed by atoms with E-state index in [4.69, 9.17) is 10.00 Å². The van der Waals surface area contributed by atoms with Crippen molar-refractivity contribution in [2.24, 2.45) is 0 Å². The molecule has 0 spiro atoms. The second-order valence-corrected chi connectivity index (χ2v) is 5.35. The maximum Gasteiger partial charge on any atom is 0.253 e. The average Bonchev–Trinajstić information content (AvgIpc) is 2.67. The summed E-state index contributed by atoms with van der Waals surface area (Å²) in [5, 5.41) is 9.13. The number of hydrogen-bond acceptors (Lipinski definition) is 6. The lowest BCUT2D eigenvalue weighted by atomic mass is 10.1. The second-order valence-electron chi connectivity index (χ2n) is 5.35. The van der Waals surface area contributed by atoms with Crippen LogP contribution in [0.15, 0.2) is 36.7 Å². The molecule has 1 aromatic heterocycles. The van der Waals surface area contributed by atoms with Crippen LogP contribution in [0.2, 0.25) is 0 Å². The number of nitriles is 1. The van der Waals surface area contributed by atoms with Crippen LogP contribution in [0.1, 0.15) is 16.1 Å². The molecule has 1 fully saturated rings. The Morgan fingerprint density at radius 3 is 2.42 bits per heavy atom. The number of aromatic nitrogens is 2. The van der Waals surface area contributed by atoms with Crippen molar-refractivity contribution in [3.8, 4) is 11.8 Å². The number of anilines is 1. The Kier molecular flexibility index (Phi) is 4.57. The van der Waals surface area contributed by atoms with Crippen molar-refractivity contribution in [1.29, 1.82) is 5.26 Å². The number of carbonyl (C=O) groups is 1. The van der Waals surface area contributed by atoms with Crippen LogP contribution in [-0.4, -0.2) is 54.1 Å². The van der Waals surface area contributed by atoms with Crippen LogP contribution >= 0.6 is 0 Å². The fraction of sp³-hybridized carbons (Fsp3) is 0.294. The highest BCUT2D eigenvalue weighted by Crippen LogP contribution is 2.18. The molecule has 1 saturated heterocycles. The Bertz CT molecular complexity index is 761. The van der Waals surface area contributed by atoms with Crippen molar-refractivity contribution in [2.75, 3.05) is 38.2 Å². The summed E-state index contributed by atoms with van der Waals surface area (Å²) in [6, 6.07) is 9.15. The number of rotatable bonds is 3. The highest BCUT2D eigenvalue weighted by Gasteiger charge is 2.24. The van der Waals surface area contributed by atoms with Crippen LogP contribution in [0.25, 0.3) is 0 Å². The van der Waals surface area contributed by atoms with Gasteiger partial charge in [0.2, 0.25) is 0 Å². The largest absolute Gasteiger partial charge is 0.497 e. The van der Waals surface area contributed by atoms with Gasteiger partial charge in [-0.25, -0.2) is 9.97 Å². The molecule has 3 rings (SSSR count). The molecule has 1 aliphatic heterocycles. The number of ether oxygens (including phenoxy) is 1. The van der Waals surface area contributed by atoms with Gasteiger partial charge < -0.3 is 14.5 Å². The molecule has 0 aliphatic carbocycles. The number of hydrogen-bond donors (Lipinski definition) is 0. The van der Waals surface area contributed by atoms with E-state index < -0.39 is 0 Å². The molecule has 122 valence electrons. The second kappa shape index (κ2) is 6.96. The van der Waals surface area contributed by atoms with Gasteiger partial charge in [0.1, 0.15) is 11.8 Å². The standard InChI is InChI=1S/C17H17N5O2/c1-24-14-4-2-13(3-5-14)17(23)22-10-8-21(9-11-22)16-15(12-18)19-6-7-20-16/h2-7H,8-11H2,1H3. The van der Waals surface area contributed by atoms with Crippen LogP contribution in [-0.2, 0) is 0 Å². The third kappa shape index (κ3) is 3.13. The van der Waals surface area contributed by atoms with E-state index in [0.29, 0.717) is 43.3 Å². The zero-order valence-corrected chi connectivity index (χ0v) is 13.3. The zero-order chi connectivity index (χ0) is 16.9. The number of benzene rings is 1. The van der Waals surface area contributed by atoms with Crippen LogP contribution in [0.4, 0.5) is 5.82 Å². The van der Waals surface area contributed by atoms with E-state index in [1.807, 2.05) is 4.90 Å². The Morgan fingerprint density at radius 1 is 1.12 bits per heavy atom. The molecule has 0 unspecified atom stereocenters. The predicted molar refractivity (Wildman–Crippen MR) is 87.9 cm³/mol. The maximum atomic E-state index is 12.6. The summed E-state index contributed by atoms with van der Waals surface area (Å²) in [6.45, 7) is 2.39. The normalized spacial score (nSPS) is 14.2. The van der Waals surface area contributed by atoms with Crippen molar-refractivity contribution in [2.45, 2.75) is 0 Å². The lowest BCUT2D eigenvalue weighted by Crippen LogP contribution is -2.49. The van der Waals surface area contributed by atoms with Gasteiger partial charge in [-0.05, 0) is 24.3 Å². The van der Waals surface area contributed by atoms with Gasteiger partial charge in [-0.3, -0.25) is 4.79 Å². The van der Waals surface area contributed by atoms with Gasteiger partial charge in [-0.2, -0.15) is 5.26 Å². The molecule has 7 nitrogen and oxygen atoms in total. The van der Waals surface area contributed by atoms with Crippen LogP contribution in [0, 0.1) is 11.3 Å². The fourth-order valence-electron chi connectivity index (χ4n) is 2.68. The first-order valence-electron chi connectivity index (χ1n) is 7.62. The summed E-state index contributed by atoms with van der Waals surface area (Å²) < 4.78 is 5.11. The van der Waals surface area contributed by atoms with Gasteiger partial charge in [0, 0.05) is 44.1 Å². The lowest BCUT2D eigenvalue weighted by Gasteiger charge is -2.35. The van der Waals surface area contributed by atoms with E-state index in [0.717, 1.165) is 5.75 Å². The van der Waals surface area contributed by atoms with Gasteiger partial charge >= 0.3 is 0 Å². The van der Waals surface area contributed by atoms with E-state index in [9.17, 15) is 4.79 Å². The van der Waals surface area contributed by atoms with E-state index in [1.54, 1.807) is 42.5 Å². The van der Waals surface area contributed by atoms with Crippen LogP contribution in [0.3, 0.4) is 0 Å². The van der Waals surface area contributed by atoms with Crippen molar-refractivity contribution >= 4 is 11.7 Å². The van der Waals surface area contributed by atoms with Gasteiger partial charge in [-0.15, -0.1) is 0 Å². The Morgan fingerprint density at radius 2 is 1.79 bits per heavy atom. The van der Waals surface area contributed by atoms with E-state index >= 15 is 0 Å². The Labute approximate surface area is 140 Å². The van der Waals surface area contributed by atoms with Gasteiger partial charge in [-0.1, -0.05) is 0 Å². The quantitative estimate of drug-likeness (QED) is 0.847. The summed E-state index contributed by atoms with van der Waals surface area (Å²) in [4.78, 5) is 24.6. The number of nitrogens with zero attached hydrogens (tertiary/aromatic N) is 5. The smallest absolute Gasteiger partial charge is 0.253 e. The summed E-state index contributed by atoms with van der Waals surface area (Å²) in [7, 11) is 1.60. The molecule has 0 atom stereocenters. The number of carbonyl (C=O) groups excluding carboxylic acids is 1. The minimum absolute atomic E-state index is 0.00282. The van der Waals surface area contributed by atoms with Crippen LogP contribution in [0.5, 0.6) is 5.75 Å². The minimum Gasteiger partial charge on any atom is -0.497 e. The molecule has 2 aromatic rings. The first-order chi connectivity index (χ1) is 11.7. The van der Waals surface area contributed by atoms with E-state index in [2.05, 4.69) is 16.0 Å². The van der Waals surface area contributed by atoms with Crippen molar-refractivity contribution in [1.82, 2.24) is 14.9 Å². The molecule has 24 heavy (non-hydrogen) atoms. The number of piperazine rings is 1. The first-order valence-corrected chi connectivity index (χ1v) is 7.62. The molecular weight excluding hydrogens is 306 g/mol. The number of amides is 1. The summed E-state index contributed by atoms with van der Waals surface area (Å²) in [5.74, 6) is 1.30. The first kappa shape index (κ1) is 15.7. The molecule has 0 saturated carbocycles. The Balaban J connectivity index is 1.66. The summed E-state index contributed by atoms with van der Waals surface area (Å²) in [6.07, 6.45) is 3.08. The van der Waals surface area contributed by atoms with Gasteiger partial charge in [0.05, 0.1) is 7.11 Å². The third-order valence-electron chi connectivity index (χ3n) is 3.99. The summed E-state index contributed by atoms with van der Waals surface area (Å²) in [5.41, 5.74) is 0.953. The predicted octanol–water partition coefficient (Wildman–Crippen LogP) is 1.32. The maximum absolute atomic E-state index is 12.6. The van der Waals surface area contributed by atoms with Crippen LogP contribution < -0.4 is 9.64 Å². The summed E-state index contributed by atoms with van der Waals surface area (Å²) >= 11 is 0. The van der Waals surface area contributed by atoms with Gasteiger partial charge in [0.15, 0.2) is 11.5 Å². The molecule has 0 bridgehead atoms. The van der Waals surface area contributed by atoms with E-state index in [1.165, 1.54) is 6.20 Å². The van der Waals surface area contributed by atoms with Gasteiger partial charge in [0.25, 0.3) is 5.91 Å². The molecule has 1 aromatic carbocycles. The molecule has 0 N–H and O–H groups in total. The molecule has 1 amide bonds. The average molecular weight is 323 g/mol. The lowest BCUT2D eigenvalue weighted by molar-refractivity contribution is 0.0746. The highest BCUT2D eigenvalue weighted by molar-refractivity contribution is 5.94. The monoisotopic (exact) mass is 323 g/mol. The Hall–Kier alpha value is -3.14. The zero-order valence-electron chi connectivity index (χ0n) is 13.3. The van der Waals surface area contributed by atoms with E-state index in [-0.39, 0.29) is 5.91 Å². The topological polar surface area (TPSA) is 82.3 Å². The molecule has 2 heterocycles.